The van der Waals surface area contributed by atoms with E-state index >= 15 is 0 Å². The summed E-state index contributed by atoms with van der Waals surface area (Å²) in [6.45, 7) is 5.08. The van der Waals surface area contributed by atoms with Crippen LogP contribution in [0.2, 0.25) is 13.1 Å². The quantitative estimate of drug-likeness (QED) is 0.133. The summed E-state index contributed by atoms with van der Waals surface area (Å²) in [5, 5.41) is 13.4. The summed E-state index contributed by atoms with van der Waals surface area (Å²) >= 11 is 0. The molecule has 0 saturated heterocycles. The SMILES string of the molecule is C[Si]1(C)c2ccccc2-c2cccc(-c3c4cccc(-c5cccc6ccccc56)c4cc4c(-c5cccc6ccccc56)cccc34)c21. The third-order valence-corrected chi connectivity index (χ3v) is 14.6. The molecule has 1 aliphatic heterocycles. The average Bonchev–Trinajstić information content (AvgIpc) is 3.39. The van der Waals surface area contributed by atoms with Crippen LogP contribution in [0.4, 0.5) is 0 Å². The van der Waals surface area contributed by atoms with Gasteiger partial charge in [-0.2, -0.15) is 0 Å². The number of hydrogen-bond acceptors (Lipinski definition) is 0. The van der Waals surface area contributed by atoms with Gasteiger partial charge in [0.05, 0.1) is 0 Å². The molecule has 0 N–H and O–H groups in total. The fraction of sp³-hybridized carbons (Fsp3) is 0.0417. The molecule has 1 heterocycles. The summed E-state index contributed by atoms with van der Waals surface area (Å²) in [5.74, 6) is 0. The molecule has 230 valence electrons. The van der Waals surface area contributed by atoms with E-state index in [-0.39, 0.29) is 0 Å². The van der Waals surface area contributed by atoms with Gasteiger partial charge in [0, 0.05) is 0 Å². The van der Waals surface area contributed by atoms with Gasteiger partial charge in [-0.25, -0.2) is 0 Å². The third-order valence-electron chi connectivity index (χ3n) is 11.0. The van der Waals surface area contributed by atoms with Crippen molar-refractivity contribution in [3.8, 4) is 44.5 Å². The molecular weight excluding hydrogens is 605 g/mol. The maximum absolute atomic E-state index is 2.54. The first kappa shape index (κ1) is 28.3. The Morgan fingerprint density at radius 3 is 1.31 bits per heavy atom. The zero-order valence-electron chi connectivity index (χ0n) is 27.7. The highest BCUT2D eigenvalue weighted by Crippen LogP contribution is 2.46. The minimum atomic E-state index is -2.01. The highest BCUT2D eigenvalue weighted by Gasteiger charge is 2.39. The van der Waals surface area contributed by atoms with Gasteiger partial charge in [-0.15, -0.1) is 0 Å². The Bertz CT molecular complexity index is 2650. The number of hydrogen-bond donors (Lipinski definition) is 0. The average molecular weight is 639 g/mol. The van der Waals surface area contributed by atoms with Gasteiger partial charge in [-0.1, -0.05) is 177 Å². The minimum Gasteiger partial charge on any atom is -0.0623 e. The van der Waals surface area contributed by atoms with Gasteiger partial charge in [0.25, 0.3) is 0 Å². The molecule has 0 atom stereocenters. The summed E-state index contributed by atoms with van der Waals surface area (Å²) < 4.78 is 0. The van der Waals surface area contributed by atoms with E-state index in [1.165, 1.54) is 92.8 Å². The van der Waals surface area contributed by atoms with Gasteiger partial charge in [0.15, 0.2) is 0 Å². The highest BCUT2D eigenvalue weighted by molar-refractivity contribution is 7.04. The van der Waals surface area contributed by atoms with E-state index < -0.39 is 8.07 Å². The van der Waals surface area contributed by atoms with Crippen LogP contribution in [0.3, 0.4) is 0 Å². The highest BCUT2D eigenvalue weighted by atomic mass is 28.3. The van der Waals surface area contributed by atoms with Crippen LogP contribution in [0.1, 0.15) is 0 Å². The first-order valence-corrected chi connectivity index (χ1v) is 20.3. The lowest BCUT2D eigenvalue weighted by molar-refractivity contribution is 1.66. The lowest BCUT2D eigenvalue weighted by Crippen LogP contribution is -2.50. The Kier molecular flexibility index (Phi) is 6.13. The van der Waals surface area contributed by atoms with E-state index in [2.05, 4.69) is 183 Å². The molecule has 9 aromatic rings. The summed E-state index contributed by atoms with van der Waals surface area (Å²) in [6.07, 6.45) is 0. The molecule has 1 aliphatic rings. The van der Waals surface area contributed by atoms with Crippen LogP contribution >= 0.6 is 0 Å². The number of benzene rings is 9. The number of rotatable bonds is 3. The smallest absolute Gasteiger partial charge is 0.0623 e. The molecule has 9 aromatic carbocycles. The molecule has 0 bridgehead atoms. The van der Waals surface area contributed by atoms with Crippen molar-refractivity contribution in [3.63, 3.8) is 0 Å². The van der Waals surface area contributed by atoms with Crippen molar-refractivity contribution in [2.24, 2.45) is 0 Å². The second kappa shape index (κ2) is 10.6. The summed E-state index contributed by atoms with van der Waals surface area (Å²) in [7, 11) is -2.01. The normalized spacial score (nSPS) is 13.3. The van der Waals surface area contributed by atoms with Gasteiger partial charge in [-0.05, 0) is 104 Å². The van der Waals surface area contributed by atoms with Crippen molar-refractivity contribution in [2.45, 2.75) is 13.1 Å². The van der Waals surface area contributed by atoms with Crippen LogP contribution in [0.15, 0.2) is 170 Å². The standard InChI is InChI=1S/C48H34Si/c1-49(2)46-29-8-7-20-39(46)42-27-13-28-43(48(42)49)47-40-25-11-23-37(35-21-9-16-31-14-3-5-18-33(31)35)44(40)30-45-38(24-12-26-41(45)47)36-22-10-17-32-15-4-6-19-34(32)36/h3-30H,1-2H3. The van der Waals surface area contributed by atoms with Gasteiger partial charge in [0.1, 0.15) is 8.07 Å². The van der Waals surface area contributed by atoms with Crippen LogP contribution in [-0.2, 0) is 0 Å². The molecule has 49 heavy (non-hydrogen) atoms. The van der Waals surface area contributed by atoms with Crippen molar-refractivity contribution in [2.75, 3.05) is 0 Å². The Hall–Kier alpha value is -5.76. The molecule has 0 nitrogen and oxygen atoms in total. The van der Waals surface area contributed by atoms with Gasteiger partial charge in [-0.3, -0.25) is 0 Å². The van der Waals surface area contributed by atoms with E-state index in [1.54, 1.807) is 5.19 Å². The molecule has 0 aliphatic carbocycles. The van der Waals surface area contributed by atoms with Gasteiger partial charge >= 0.3 is 0 Å². The van der Waals surface area contributed by atoms with Crippen molar-refractivity contribution < 1.29 is 0 Å². The number of fused-ring (bicyclic) bond motifs is 7. The fourth-order valence-electron chi connectivity index (χ4n) is 8.90. The summed E-state index contributed by atoms with van der Waals surface area (Å²) in [4.78, 5) is 0. The first-order chi connectivity index (χ1) is 24.1. The maximum Gasteiger partial charge on any atom is 0.114 e. The minimum absolute atomic E-state index is 1.26. The molecule has 1 heteroatoms. The Balaban J connectivity index is 1.38. The van der Waals surface area contributed by atoms with E-state index in [9.17, 15) is 0 Å². The monoisotopic (exact) mass is 638 g/mol. The topological polar surface area (TPSA) is 0 Å². The van der Waals surface area contributed by atoms with Crippen LogP contribution < -0.4 is 10.4 Å². The molecular formula is C48H34Si. The van der Waals surface area contributed by atoms with E-state index in [0.29, 0.717) is 0 Å². The molecule has 0 amide bonds. The van der Waals surface area contributed by atoms with Crippen molar-refractivity contribution >= 4 is 61.5 Å². The second-order valence-corrected chi connectivity index (χ2v) is 18.3. The predicted octanol–water partition coefficient (Wildman–Crippen LogP) is 12.1. The van der Waals surface area contributed by atoms with Crippen LogP contribution in [-0.4, -0.2) is 8.07 Å². The van der Waals surface area contributed by atoms with Gasteiger partial charge < -0.3 is 0 Å². The third kappa shape index (κ3) is 4.09. The zero-order chi connectivity index (χ0) is 32.7. The summed E-state index contributed by atoms with van der Waals surface area (Å²) in [6, 6.07) is 63.6. The zero-order valence-corrected chi connectivity index (χ0v) is 28.7. The van der Waals surface area contributed by atoms with Gasteiger partial charge in [0.2, 0.25) is 0 Å². The molecule has 0 radical (unpaired) electrons. The van der Waals surface area contributed by atoms with Crippen molar-refractivity contribution in [1.82, 2.24) is 0 Å². The predicted molar refractivity (Wildman–Crippen MR) is 215 cm³/mol. The largest absolute Gasteiger partial charge is 0.114 e. The molecule has 0 saturated carbocycles. The first-order valence-electron chi connectivity index (χ1n) is 17.3. The molecule has 0 spiro atoms. The molecule has 0 aromatic heterocycles. The van der Waals surface area contributed by atoms with Crippen LogP contribution in [0, 0.1) is 0 Å². The summed E-state index contributed by atoms with van der Waals surface area (Å²) in [5.41, 5.74) is 10.6. The Morgan fingerprint density at radius 2 is 0.694 bits per heavy atom. The molecule has 0 fully saturated rings. The van der Waals surface area contributed by atoms with E-state index in [4.69, 9.17) is 0 Å². The van der Waals surface area contributed by atoms with E-state index in [1.807, 2.05) is 0 Å². The van der Waals surface area contributed by atoms with Crippen molar-refractivity contribution in [3.05, 3.63) is 170 Å². The van der Waals surface area contributed by atoms with Crippen LogP contribution in [0.5, 0.6) is 0 Å². The lowest BCUT2D eigenvalue weighted by Gasteiger charge is -2.25. The molecule has 10 rings (SSSR count). The Morgan fingerprint density at radius 1 is 0.306 bits per heavy atom. The Labute approximate surface area is 287 Å². The van der Waals surface area contributed by atoms with Crippen molar-refractivity contribution in [1.29, 1.82) is 0 Å². The van der Waals surface area contributed by atoms with E-state index in [0.717, 1.165) is 0 Å². The molecule has 0 unspecified atom stereocenters. The van der Waals surface area contributed by atoms with Crippen LogP contribution in [0.25, 0.3) is 87.6 Å². The fourth-order valence-corrected chi connectivity index (χ4v) is 12.3. The maximum atomic E-state index is 2.54. The second-order valence-electron chi connectivity index (χ2n) is 14.0. The lowest BCUT2D eigenvalue weighted by atomic mass is 9.84.